The number of carbonyl (C=O) groups excluding carboxylic acids is 11. The summed E-state index contributed by atoms with van der Waals surface area (Å²) >= 11 is 0. The van der Waals surface area contributed by atoms with E-state index in [0.29, 0.717) is 32.7 Å². The molecule has 0 aromatic heterocycles. The highest BCUT2D eigenvalue weighted by Gasteiger charge is 2.47. The van der Waals surface area contributed by atoms with Crippen molar-refractivity contribution in [2.75, 3.05) is 89.3 Å². The molecule has 2 fully saturated rings. The molecule has 2 aliphatic rings. The van der Waals surface area contributed by atoms with E-state index in [2.05, 4.69) is 21.3 Å². The van der Waals surface area contributed by atoms with Crippen LogP contribution in [0.1, 0.15) is 143 Å². The summed E-state index contributed by atoms with van der Waals surface area (Å²) in [6, 6.07) is -14.2. The number of methoxy groups -OCH3 is 1. The lowest BCUT2D eigenvalue weighted by molar-refractivity contribution is -0.157. The van der Waals surface area contributed by atoms with Crippen LogP contribution in [-0.4, -0.2) is 277 Å². The van der Waals surface area contributed by atoms with Crippen LogP contribution >= 0.6 is 0 Å². The molecule has 11 amide bonds. The van der Waals surface area contributed by atoms with Gasteiger partial charge in [-0.2, -0.15) is 0 Å². The maximum absolute atomic E-state index is 15.2. The van der Waals surface area contributed by atoms with Gasteiger partial charge in [0, 0.05) is 76.1 Å². The Bertz CT molecular complexity index is 2440. The molecule has 0 saturated carbocycles. The zero-order valence-corrected chi connectivity index (χ0v) is 58.9. The number of hydrogen-bond donors (Lipinski definition) is 5. The Morgan fingerprint density at radius 1 is 0.478 bits per heavy atom. The Morgan fingerprint density at radius 2 is 0.922 bits per heavy atom. The molecule has 0 aromatic rings. The van der Waals surface area contributed by atoms with Crippen LogP contribution in [0.15, 0.2) is 0 Å². The zero-order chi connectivity index (χ0) is 69.3. The lowest BCUT2D eigenvalue weighted by Gasteiger charge is -2.41. The molecule has 2 heterocycles. The third-order valence-corrected chi connectivity index (χ3v) is 17.9. The molecule has 2 aliphatic heterocycles. The van der Waals surface area contributed by atoms with E-state index >= 15 is 14.4 Å². The fourth-order valence-corrected chi connectivity index (χ4v) is 11.7. The quantitative estimate of drug-likeness (QED) is 0.146. The van der Waals surface area contributed by atoms with Gasteiger partial charge in [-0.05, 0) is 82.0 Å². The predicted molar refractivity (Wildman–Crippen MR) is 343 cm³/mol. The van der Waals surface area contributed by atoms with E-state index in [1.165, 1.54) is 102 Å². The van der Waals surface area contributed by atoms with Gasteiger partial charge < -0.3 is 70.1 Å². The first-order valence-electron chi connectivity index (χ1n) is 32.3. The van der Waals surface area contributed by atoms with E-state index in [1.807, 2.05) is 46.4 Å². The van der Waals surface area contributed by atoms with Crippen LogP contribution in [0.5, 0.6) is 0 Å². The number of likely N-dealkylation sites (N-methyl/N-ethyl adjacent to an activating group) is 7. The summed E-state index contributed by atoms with van der Waals surface area (Å²) < 4.78 is 11.6. The number of aliphatic hydroxyl groups excluding tert-OH is 1. The van der Waals surface area contributed by atoms with Gasteiger partial charge in [-0.15, -0.1) is 0 Å². The molecule has 5 N–H and O–H groups in total. The van der Waals surface area contributed by atoms with E-state index in [0.717, 1.165) is 9.80 Å². The number of ether oxygens (including phenoxy) is 2. The van der Waals surface area contributed by atoms with Gasteiger partial charge >= 0.3 is 0 Å². The Morgan fingerprint density at radius 3 is 1.39 bits per heavy atom. The average Bonchev–Trinajstić information content (AvgIpc) is 0.953. The molecule has 516 valence electrons. The third kappa shape index (κ3) is 21.0. The lowest BCUT2D eigenvalue weighted by Crippen LogP contribution is -2.64. The van der Waals surface area contributed by atoms with Gasteiger partial charge in [-0.25, -0.2) is 0 Å². The molecule has 0 radical (unpaired) electrons. The molecule has 0 spiro atoms. The normalized spacial score (nSPS) is 28.4. The summed E-state index contributed by atoms with van der Waals surface area (Å²) in [6.45, 7) is 29.5. The largest absolute Gasteiger partial charge is 0.390 e. The van der Waals surface area contributed by atoms with Gasteiger partial charge in [0.05, 0.1) is 25.4 Å². The predicted octanol–water partition coefficient (Wildman–Crippen LogP) is 1.40. The van der Waals surface area contributed by atoms with E-state index < -0.39 is 161 Å². The van der Waals surface area contributed by atoms with E-state index in [4.69, 9.17) is 9.47 Å². The number of amides is 11. The van der Waals surface area contributed by atoms with Crippen molar-refractivity contribution in [2.45, 2.75) is 222 Å². The van der Waals surface area contributed by atoms with Crippen molar-refractivity contribution < 1.29 is 67.3 Å². The molecule has 0 aliphatic carbocycles. The van der Waals surface area contributed by atoms with Crippen LogP contribution in [0.3, 0.4) is 0 Å². The minimum atomic E-state index is -1.61. The number of morpholine rings is 1. The van der Waals surface area contributed by atoms with E-state index in [1.54, 1.807) is 48.5 Å². The number of carbonyl (C=O) groups is 11. The summed E-state index contributed by atoms with van der Waals surface area (Å²) in [7, 11) is 11.3. The van der Waals surface area contributed by atoms with Gasteiger partial charge in [-0.1, -0.05) is 96.4 Å². The fraction of sp³-hybridized carbons (Fsp3) is 0.828. The second kappa shape index (κ2) is 36.3. The highest BCUT2D eigenvalue weighted by Crippen LogP contribution is 2.26. The number of hydrogen-bond acceptors (Lipinski definition) is 15. The molecule has 0 unspecified atom stereocenters. The van der Waals surface area contributed by atoms with Gasteiger partial charge in [0.15, 0.2) is 0 Å². The first kappa shape index (κ1) is 80.1. The Labute approximate surface area is 537 Å². The van der Waals surface area contributed by atoms with E-state index in [-0.39, 0.29) is 50.0 Å². The monoisotopic (exact) mass is 1280 g/mol. The second-order valence-corrected chi connectivity index (χ2v) is 27.1. The SMILES string of the molecule is CC[C@@H]1NC(=O)[C@H]([C@H](O)[C@H](C)CC)N(C)C(=O)[C@H](C(C)C)N(C)C(=O)[C@H](CC(C)C)N(C)C(=O)[C@H](CC(C)C)N(C)C(=O)[C@@H](C)NC(=O)[C@H](C)NC(=O)[C@H](CC(C)C)N(C)C(=O)[C@H](C(C)C)NC(=O)[C@H]([C@@H](CN2CCOCC2)OC)N(C)C(=O)[C@@H](C)N(C)C1=O. The maximum Gasteiger partial charge on any atom is 0.246 e. The van der Waals surface area contributed by atoms with Gasteiger partial charge in [0.2, 0.25) is 65.0 Å². The standard InChI is InChI=1S/C64H116N12O14/c1-25-40(13)53(77)52-57(81)67-44(26-2)60(84)69(17)43(16)59(83)74(22)51(48(89-24)34-76-27-29-90-30-28-76)56(80)68-49(38(9)10)63(87)70(18)45(31-35(3)4)55(79)65-41(14)54(78)66-42(15)58(82)71(19)46(32-36(5)6)61(85)72(20)47(33-37(7)8)62(86)73(21)50(39(11)12)64(88)75(52)23/h35-53,77H,25-34H2,1-24H3,(H,65,79)(H,66,78)(H,67,81)(H,68,80)/t40-,41+,42-,43-,44+,45+,46+,47+,48-,49+,50+,51+,52+,53-/m1/s1. The van der Waals surface area contributed by atoms with Crippen molar-refractivity contribution in [2.24, 2.45) is 35.5 Å². The highest BCUT2D eigenvalue weighted by atomic mass is 16.5. The first-order chi connectivity index (χ1) is 41.7. The molecule has 90 heavy (non-hydrogen) atoms. The van der Waals surface area contributed by atoms with Crippen molar-refractivity contribution in [3.05, 3.63) is 0 Å². The molecular weight excluding hydrogens is 1160 g/mol. The summed E-state index contributed by atoms with van der Waals surface area (Å²) in [6.07, 6.45) is -1.70. The first-order valence-corrected chi connectivity index (χ1v) is 32.3. The van der Waals surface area contributed by atoms with Crippen LogP contribution < -0.4 is 21.3 Å². The molecule has 0 bridgehead atoms. The van der Waals surface area contributed by atoms with Gasteiger partial charge in [-0.3, -0.25) is 57.6 Å². The summed E-state index contributed by atoms with van der Waals surface area (Å²) in [5.74, 6) is -9.98. The summed E-state index contributed by atoms with van der Waals surface area (Å²) in [5, 5.41) is 23.1. The Balaban J connectivity index is 3.04. The number of aliphatic hydroxyl groups is 1. The molecule has 0 aromatic carbocycles. The molecule has 2 saturated heterocycles. The Hall–Kier alpha value is -5.99. The Kier molecular flexibility index (Phi) is 32.3. The fourth-order valence-electron chi connectivity index (χ4n) is 11.7. The minimum Gasteiger partial charge on any atom is -0.390 e. The van der Waals surface area contributed by atoms with Crippen LogP contribution in [-0.2, 0) is 62.2 Å². The van der Waals surface area contributed by atoms with E-state index in [9.17, 15) is 43.5 Å². The summed E-state index contributed by atoms with van der Waals surface area (Å²) in [5.41, 5.74) is 0. The van der Waals surface area contributed by atoms with Crippen LogP contribution in [0.25, 0.3) is 0 Å². The lowest BCUT2D eigenvalue weighted by atomic mass is 9.92. The zero-order valence-electron chi connectivity index (χ0n) is 58.9. The molecule has 26 nitrogen and oxygen atoms in total. The van der Waals surface area contributed by atoms with Crippen molar-refractivity contribution >= 4 is 65.0 Å². The van der Waals surface area contributed by atoms with Crippen molar-refractivity contribution in [3.8, 4) is 0 Å². The number of nitrogens with zero attached hydrogens (tertiary/aromatic N) is 8. The topological polar surface area (TPSA) is 300 Å². The van der Waals surface area contributed by atoms with Crippen molar-refractivity contribution in [1.29, 1.82) is 0 Å². The van der Waals surface area contributed by atoms with Crippen molar-refractivity contribution in [1.82, 2.24) is 60.5 Å². The highest BCUT2D eigenvalue weighted by molar-refractivity contribution is 6.00. The van der Waals surface area contributed by atoms with Crippen molar-refractivity contribution in [3.63, 3.8) is 0 Å². The molecule has 2 rings (SSSR count). The summed E-state index contributed by atoms with van der Waals surface area (Å²) in [4.78, 5) is 173. The number of nitrogens with one attached hydrogen (secondary N) is 4. The molecule has 26 heteroatoms. The number of rotatable bonds is 16. The average molecular weight is 1280 g/mol. The minimum absolute atomic E-state index is 0.00503. The van der Waals surface area contributed by atoms with Gasteiger partial charge in [0.25, 0.3) is 0 Å². The molecule has 14 atom stereocenters. The van der Waals surface area contributed by atoms with Crippen LogP contribution in [0, 0.1) is 35.5 Å². The second-order valence-electron chi connectivity index (χ2n) is 27.1. The molecular formula is C64H116N12O14. The van der Waals surface area contributed by atoms with Gasteiger partial charge in [0.1, 0.15) is 66.5 Å². The smallest absolute Gasteiger partial charge is 0.246 e. The van der Waals surface area contributed by atoms with Crippen LogP contribution in [0.4, 0.5) is 0 Å². The van der Waals surface area contributed by atoms with Crippen LogP contribution in [0.2, 0.25) is 0 Å². The third-order valence-electron chi connectivity index (χ3n) is 17.9. The maximum atomic E-state index is 15.2.